The largest absolute Gasteiger partial charge is 0.494 e. The molecule has 0 aliphatic carbocycles. The van der Waals surface area contributed by atoms with Gasteiger partial charge in [0.15, 0.2) is 11.6 Å². The average Bonchev–Trinajstić information content (AvgIpc) is 2.48. The molecule has 0 heterocycles. The topological polar surface area (TPSA) is 18.5 Å². The van der Waals surface area contributed by atoms with Crippen molar-refractivity contribution < 1.29 is 13.9 Å². The van der Waals surface area contributed by atoms with Crippen molar-refractivity contribution in [1.29, 1.82) is 0 Å². The molecule has 2 aromatic carbocycles. The van der Waals surface area contributed by atoms with E-state index < -0.39 is 5.82 Å². The van der Waals surface area contributed by atoms with Crippen LogP contribution in [0.5, 0.6) is 17.2 Å². The summed E-state index contributed by atoms with van der Waals surface area (Å²) >= 11 is 5.79. The molecule has 0 atom stereocenters. The van der Waals surface area contributed by atoms with Gasteiger partial charge < -0.3 is 9.47 Å². The van der Waals surface area contributed by atoms with Crippen molar-refractivity contribution in [3.8, 4) is 17.2 Å². The first-order chi connectivity index (χ1) is 9.74. The van der Waals surface area contributed by atoms with Crippen LogP contribution in [-0.4, -0.2) is 6.61 Å². The Labute approximate surface area is 123 Å². The molecule has 20 heavy (non-hydrogen) atoms. The molecule has 2 nitrogen and oxygen atoms in total. The maximum atomic E-state index is 13.8. The maximum Gasteiger partial charge on any atom is 0.167 e. The summed E-state index contributed by atoms with van der Waals surface area (Å²) in [6.45, 7) is 2.72. The Morgan fingerprint density at radius 2 is 1.75 bits per heavy atom. The minimum absolute atomic E-state index is 0.171. The van der Waals surface area contributed by atoms with Crippen molar-refractivity contribution in [2.75, 3.05) is 6.61 Å². The number of alkyl halides is 1. The molecular formula is C16H16ClFO2. The van der Waals surface area contributed by atoms with E-state index in [1.807, 2.05) is 6.92 Å². The lowest BCUT2D eigenvalue weighted by Gasteiger charge is -2.11. The fraction of sp³-hybridized carbons (Fsp3) is 0.250. The Morgan fingerprint density at radius 3 is 2.40 bits per heavy atom. The van der Waals surface area contributed by atoms with Crippen LogP contribution in [0.2, 0.25) is 0 Å². The molecular weight excluding hydrogens is 279 g/mol. The minimum Gasteiger partial charge on any atom is -0.494 e. The lowest BCUT2D eigenvalue weighted by molar-refractivity contribution is 0.317. The van der Waals surface area contributed by atoms with Gasteiger partial charge in [-0.1, -0.05) is 19.1 Å². The molecule has 0 unspecified atom stereocenters. The molecule has 4 heteroatoms. The molecule has 0 aromatic heterocycles. The Kier molecular flexibility index (Phi) is 5.24. The molecule has 2 aromatic rings. The van der Waals surface area contributed by atoms with Crippen molar-refractivity contribution >= 4 is 11.6 Å². The van der Waals surface area contributed by atoms with Gasteiger partial charge in [0.1, 0.15) is 11.5 Å². The molecule has 0 saturated heterocycles. The van der Waals surface area contributed by atoms with Gasteiger partial charge in [-0.25, -0.2) is 4.39 Å². The summed E-state index contributed by atoms with van der Waals surface area (Å²) in [6, 6.07) is 11.8. The van der Waals surface area contributed by atoms with E-state index in [1.54, 1.807) is 36.4 Å². The van der Waals surface area contributed by atoms with Gasteiger partial charge >= 0.3 is 0 Å². The molecule has 0 saturated carbocycles. The standard InChI is InChI=1S/C16H16ClFO2/c1-2-10-19-13-6-8-14(9-7-13)20-16-12(11-17)4-3-5-15(16)18/h3-9H,2,10-11H2,1H3. The second kappa shape index (κ2) is 7.15. The van der Waals surface area contributed by atoms with Gasteiger partial charge in [0.25, 0.3) is 0 Å². The van der Waals surface area contributed by atoms with Gasteiger partial charge in [0.05, 0.1) is 12.5 Å². The molecule has 0 aliphatic heterocycles. The number of benzene rings is 2. The zero-order chi connectivity index (χ0) is 14.4. The van der Waals surface area contributed by atoms with Crippen LogP contribution < -0.4 is 9.47 Å². The quantitative estimate of drug-likeness (QED) is 0.686. The SMILES string of the molecule is CCCOc1ccc(Oc2c(F)cccc2CCl)cc1. The van der Waals surface area contributed by atoms with E-state index in [2.05, 4.69) is 0 Å². The normalized spacial score (nSPS) is 10.3. The predicted octanol–water partition coefficient (Wildman–Crippen LogP) is 5.15. The molecule has 0 aliphatic rings. The fourth-order valence-corrected chi connectivity index (χ4v) is 1.93. The minimum atomic E-state index is -0.422. The van der Waals surface area contributed by atoms with Gasteiger partial charge in [0, 0.05) is 5.56 Å². The van der Waals surface area contributed by atoms with Gasteiger partial charge in [0.2, 0.25) is 0 Å². The Bertz CT molecular complexity index is 555. The molecule has 0 radical (unpaired) electrons. The van der Waals surface area contributed by atoms with Crippen LogP contribution >= 0.6 is 11.6 Å². The van der Waals surface area contributed by atoms with Gasteiger partial charge in [-0.2, -0.15) is 0 Å². The summed E-state index contributed by atoms with van der Waals surface area (Å²) in [5.74, 6) is 1.26. The summed E-state index contributed by atoms with van der Waals surface area (Å²) < 4.78 is 24.8. The van der Waals surface area contributed by atoms with Crippen LogP contribution in [0, 0.1) is 5.82 Å². The summed E-state index contributed by atoms with van der Waals surface area (Å²) in [6.07, 6.45) is 0.951. The highest BCUT2D eigenvalue weighted by atomic mass is 35.5. The van der Waals surface area contributed by atoms with Gasteiger partial charge in [-0.15, -0.1) is 11.6 Å². The maximum absolute atomic E-state index is 13.8. The van der Waals surface area contributed by atoms with Gasteiger partial charge in [-0.3, -0.25) is 0 Å². The Hall–Kier alpha value is -1.74. The monoisotopic (exact) mass is 294 g/mol. The highest BCUT2D eigenvalue weighted by Gasteiger charge is 2.10. The zero-order valence-corrected chi connectivity index (χ0v) is 12.0. The van der Waals surface area contributed by atoms with Crippen LogP contribution in [0.25, 0.3) is 0 Å². The Balaban J connectivity index is 2.14. The van der Waals surface area contributed by atoms with E-state index in [-0.39, 0.29) is 11.6 Å². The zero-order valence-electron chi connectivity index (χ0n) is 11.2. The fourth-order valence-electron chi connectivity index (χ4n) is 1.71. The number of halogens is 2. The number of ether oxygens (including phenoxy) is 2. The summed E-state index contributed by atoms with van der Waals surface area (Å²) in [5.41, 5.74) is 0.623. The molecule has 0 spiro atoms. The first-order valence-electron chi connectivity index (χ1n) is 6.48. The van der Waals surface area contributed by atoms with Crippen molar-refractivity contribution in [1.82, 2.24) is 0 Å². The third-order valence-electron chi connectivity index (χ3n) is 2.71. The first-order valence-corrected chi connectivity index (χ1v) is 7.02. The number of para-hydroxylation sites is 1. The van der Waals surface area contributed by atoms with E-state index in [1.165, 1.54) is 6.07 Å². The summed E-state index contributed by atoms with van der Waals surface area (Å²) in [4.78, 5) is 0. The lowest BCUT2D eigenvalue weighted by Crippen LogP contribution is -1.95. The first kappa shape index (κ1) is 14.7. The molecule has 0 fully saturated rings. The van der Waals surface area contributed by atoms with Crippen LogP contribution in [0.1, 0.15) is 18.9 Å². The van der Waals surface area contributed by atoms with Crippen molar-refractivity contribution in [3.05, 3.63) is 53.8 Å². The lowest BCUT2D eigenvalue weighted by atomic mass is 10.2. The number of hydrogen-bond donors (Lipinski definition) is 0. The number of rotatable bonds is 6. The van der Waals surface area contributed by atoms with Gasteiger partial charge in [-0.05, 0) is 36.8 Å². The molecule has 2 rings (SSSR count). The third-order valence-corrected chi connectivity index (χ3v) is 3.00. The van der Waals surface area contributed by atoms with E-state index >= 15 is 0 Å². The van der Waals surface area contributed by atoms with Crippen molar-refractivity contribution in [2.24, 2.45) is 0 Å². The van der Waals surface area contributed by atoms with Crippen LogP contribution in [-0.2, 0) is 5.88 Å². The van der Waals surface area contributed by atoms with E-state index in [4.69, 9.17) is 21.1 Å². The predicted molar refractivity (Wildman–Crippen MR) is 78.3 cm³/mol. The van der Waals surface area contributed by atoms with E-state index in [9.17, 15) is 4.39 Å². The average molecular weight is 295 g/mol. The van der Waals surface area contributed by atoms with Crippen LogP contribution in [0.3, 0.4) is 0 Å². The number of hydrogen-bond acceptors (Lipinski definition) is 2. The van der Waals surface area contributed by atoms with Crippen LogP contribution in [0.4, 0.5) is 4.39 Å². The van der Waals surface area contributed by atoms with E-state index in [0.29, 0.717) is 17.9 Å². The second-order valence-electron chi connectivity index (χ2n) is 4.28. The molecule has 0 N–H and O–H groups in total. The molecule has 0 amide bonds. The highest BCUT2D eigenvalue weighted by Crippen LogP contribution is 2.30. The third kappa shape index (κ3) is 3.64. The van der Waals surface area contributed by atoms with Crippen LogP contribution in [0.15, 0.2) is 42.5 Å². The summed E-state index contributed by atoms with van der Waals surface area (Å²) in [7, 11) is 0. The van der Waals surface area contributed by atoms with Crippen molar-refractivity contribution in [2.45, 2.75) is 19.2 Å². The van der Waals surface area contributed by atoms with Crippen molar-refractivity contribution in [3.63, 3.8) is 0 Å². The smallest absolute Gasteiger partial charge is 0.167 e. The second-order valence-corrected chi connectivity index (χ2v) is 4.55. The Morgan fingerprint density at radius 1 is 1.05 bits per heavy atom. The molecule has 106 valence electrons. The van der Waals surface area contributed by atoms with E-state index in [0.717, 1.165) is 12.2 Å². The molecule has 0 bridgehead atoms. The summed E-state index contributed by atoms with van der Waals surface area (Å²) in [5, 5.41) is 0. The highest BCUT2D eigenvalue weighted by molar-refractivity contribution is 6.17.